The van der Waals surface area contributed by atoms with E-state index in [0.717, 1.165) is 12.0 Å². The Morgan fingerprint density at radius 3 is 2.61 bits per heavy atom. The Balaban J connectivity index is 1.71. The van der Waals surface area contributed by atoms with Crippen LogP contribution in [0.3, 0.4) is 0 Å². The monoisotopic (exact) mass is 399 g/mol. The largest absolute Gasteiger partial charge is 0.355 e. The number of hydrogen-bond acceptors (Lipinski definition) is 3. The lowest BCUT2D eigenvalue weighted by atomic mass is 10.1. The second-order valence-electron chi connectivity index (χ2n) is 6.67. The number of carbonyl (C=O) groups excluding carboxylic acids is 3. The van der Waals surface area contributed by atoms with Gasteiger partial charge in [0.2, 0.25) is 11.8 Å². The van der Waals surface area contributed by atoms with Crippen LogP contribution in [-0.2, 0) is 16.0 Å². The summed E-state index contributed by atoms with van der Waals surface area (Å²) in [5.41, 5.74) is 1.67. The topological polar surface area (TPSA) is 78.5 Å². The zero-order valence-corrected chi connectivity index (χ0v) is 16.3. The quantitative estimate of drug-likeness (QED) is 0.811. The van der Waals surface area contributed by atoms with Crippen LogP contribution in [0, 0.1) is 0 Å². The lowest BCUT2D eigenvalue weighted by Crippen LogP contribution is -2.43. The first kappa shape index (κ1) is 19.9. The maximum Gasteiger partial charge on any atom is 0.251 e. The summed E-state index contributed by atoms with van der Waals surface area (Å²) >= 11 is 6.17. The van der Waals surface area contributed by atoms with Crippen molar-refractivity contribution in [3.8, 4) is 0 Å². The molecule has 1 aliphatic rings. The maximum atomic E-state index is 12.8. The number of halogens is 1. The third kappa shape index (κ3) is 4.51. The van der Waals surface area contributed by atoms with E-state index in [9.17, 15) is 14.4 Å². The molecule has 3 amide bonds. The molecular weight excluding hydrogens is 378 g/mol. The molecule has 1 heterocycles. The van der Waals surface area contributed by atoms with Crippen LogP contribution in [0.1, 0.15) is 28.8 Å². The van der Waals surface area contributed by atoms with Crippen LogP contribution in [0.4, 0.5) is 5.69 Å². The van der Waals surface area contributed by atoms with Gasteiger partial charge in [-0.1, -0.05) is 41.9 Å². The fourth-order valence-corrected chi connectivity index (χ4v) is 3.50. The van der Waals surface area contributed by atoms with E-state index >= 15 is 0 Å². The van der Waals surface area contributed by atoms with E-state index < -0.39 is 6.04 Å². The van der Waals surface area contributed by atoms with Crippen LogP contribution in [-0.4, -0.2) is 42.3 Å². The number of nitrogens with zero attached hydrogens (tertiary/aromatic N) is 1. The molecule has 2 aromatic carbocycles. The molecule has 0 saturated carbocycles. The molecule has 6 nitrogen and oxygen atoms in total. The highest BCUT2D eigenvalue weighted by Gasteiger charge is 2.34. The predicted octanol–water partition coefficient (Wildman–Crippen LogP) is 2.87. The molecule has 2 N–H and O–H groups in total. The van der Waals surface area contributed by atoms with Crippen molar-refractivity contribution in [1.29, 1.82) is 0 Å². The van der Waals surface area contributed by atoms with Gasteiger partial charge in [0.1, 0.15) is 6.04 Å². The van der Waals surface area contributed by atoms with Crippen LogP contribution < -0.4 is 10.6 Å². The Morgan fingerprint density at radius 1 is 1.14 bits per heavy atom. The zero-order chi connectivity index (χ0) is 20.1. The van der Waals surface area contributed by atoms with Crippen LogP contribution in [0.2, 0.25) is 5.02 Å². The summed E-state index contributed by atoms with van der Waals surface area (Å²) in [7, 11) is 1.53. The molecule has 1 atom stereocenters. The van der Waals surface area contributed by atoms with E-state index in [1.54, 1.807) is 17.0 Å². The van der Waals surface area contributed by atoms with Gasteiger partial charge in [0.05, 0.1) is 17.1 Å². The number of hydrogen-bond donors (Lipinski definition) is 2. The van der Waals surface area contributed by atoms with Crippen molar-refractivity contribution in [2.24, 2.45) is 0 Å². The molecule has 3 rings (SSSR count). The SMILES string of the molecule is CNC(=O)c1ccc(Cl)c(NC(=O)C2CCCN2C(=O)Cc2ccccc2)c1. The van der Waals surface area contributed by atoms with Gasteiger partial charge in [0.25, 0.3) is 5.91 Å². The van der Waals surface area contributed by atoms with E-state index in [4.69, 9.17) is 11.6 Å². The molecule has 2 aromatic rings. The summed E-state index contributed by atoms with van der Waals surface area (Å²) in [6, 6.07) is 13.6. The fourth-order valence-electron chi connectivity index (χ4n) is 3.33. The minimum Gasteiger partial charge on any atom is -0.355 e. The summed E-state index contributed by atoms with van der Waals surface area (Å²) in [6.45, 7) is 0.551. The maximum absolute atomic E-state index is 12.8. The van der Waals surface area contributed by atoms with Gasteiger partial charge in [-0.2, -0.15) is 0 Å². The molecule has 0 aromatic heterocycles. The van der Waals surface area contributed by atoms with Crippen molar-refractivity contribution >= 4 is 35.0 Å². The van der Waals surface area contributed by atoms with Gasteiger partial charge in [-0.25, -0.2) is 0 Å². The number of rotatable bonds is 5. The standard InChI is InChI=1S/C21H22ClN3O3/c1-23-20(27)15-9-10-16(22)17(13-15)24-21(28)18-8-5-11-25(18)19(26)12-14-6-3-2-4-7-14/h2-4,6-7,9-10,13,18H,5,8,11-12H2,1H3,(H,23,27)(H,24,28). The second-order valence-corrected chi connectivity index (χ2v) is 7.08. The molecule has 28 heavy (non-hydrogen) atoms. The minimum absolute atomic E-state index is 0.0749. The lowest BCUT2D eigenvalue weighted by molar-refractivity contribution is -0.136. The normalized spacial score (nSPS) is 15.9. The summed E-state index contributed by atoms with van der Waals surface area (Å²) in [5.74, 6) is -0.642. The highest BCUT2D eigenvalue weighted by Crippen LogP contribution is 2.26. The van der Waals surface area contributed by atoms with Crippen molar-refractivity contribution in [3.63, 3.8) is 0 Å². The zero-order valence-electron chi connectivity index (χ0n) is 15.6. The molecule has 1 aliphatic heterocycles. The predicted molar refractivity (Wildman–Crippen MR) is 108 cm³/mol. The number of nitrogens with one attached hydrogen (secondary N) is 2. The first-order chi connectivity index (χ1) is 13.5. The first-order valence-electron chi connectivity index (χ1n) is 9.15. The number of benzene rings is 2. The highest BCUT2D eigenvalue weighted by molar-refractivity contribution is 6.34. The van der Waals surface area contributed by atoms with Crippen molar-refractivity contribution in [2.75, 3.05) is 18.9 Å². The smallest absolute Gasteiger partial charge is 0.251 e. The van der Waals surface area contributed by atoms with Crippen molar-refractivity contribution in [2.45, 2.75) is 25.3 Å². The average Bonchev–Trinajstić information content (AvgIpc) is 3.20. The second kappa shape index (κ2) is 8.89. The highest BCUT2D eigenvalue weighted by atomic mass is 35.5. The van der Waals surface area contributed by atoms with Gasteiger partial charge >= 0.3 is 0 Å². The molecule has 0 aliphatic carbocycles. The molecule has 1 saturated heterocycles. The minimum atomic E-state index is -0.545. The number of anilines is 1. The molecule has 1 unspecified atom stereocenters. The first-order valence-corrected chi connectivity index (χ1v) is 9.53. The lowest BCUT2D eigenvalue weighted by Gasteiger charge is -2.24. The molecule has 7 heteroatoms. The summed E-state index contributed by atoms with van der Waals surface area (Å²) < 4.78 is 0. The van der Waals surface area contributed by atoms with Gasteiger partial charge in [0, 0.05) is 19.2 Å². The van der Waals surface area contributed by atoms with Crippen LogP contribution in [0.15, 0.2) is 48.5 Å². The van der Waals surface area contributed by atoms with Crippen molar-refractivity contribution in [1.82, 2.24) is 10.2 Å². The Kier molecular flexibility index (Phi) is 6.31. The Bertz CT molecular complexity index is 886. The Morgan fingerprint density at radius 2 is 1.89 bits per heavy atom. The summed E-state index contributed by atoms with van der Waals surface area (Å²) in [5, 5.41) is 5.64. The van der Waals surface area contributed by atoms with E-state index in [1.165, 1.54) is 13.1 Å². The van der Waals surface area contributed by atoms with Gasteiger partial charge in [-0.15, -0.1) is 0 Å². The average molecular weight is 400 g/mol. The number of amides is 3. The number of carbonyl (C=O) groups is 3. The summed E-state index contributed by atoms with van der Waals surface area (Å²) in [4.78, 5) is 39.0. The van der Waals surface area contributed by atoms with E-state index in [-0.39, 0.29) is 24.1 Å². The molecule has 0 spiro atoms. The Hall–Kier alpha value is -2.86. The van der Waals surface area contributed by atoms with E-state index in [2.05, 4.69) is 10.6 Å². The Labute approximate surface area is 168 Å². The molecule has 0 radical (unpaired) electrons. The van der Waals surface area contributed by atoms with E-state index in [1.807, 2.05) is 30.3 Å². The third-order valence-electron chi connectivity index (χ3n) is 4.79. The molecule has 1 fully saturated rings. The number of likely N-dealkylation sites (tertiary alicyclic amines) is 1. The van der Waals surface area contributed by atoms with E-state index in [0.29, 0.717) is 29.2 Å². The van der Waals surface area contributed by atoms with Crippen LogP contribution in [0.25, 0.3) is 0 Å². The van der Waals surface area contributed by atoms with Gasteiger partial charge in [0.15, 0.2) is 0 Å². The summed E-state index contributed by atoms with van der Waals surface area (Å²) in [6.07, 6.45) is 1.63. The molecular formula is C21H22ClN3O3. The van der Waals surface area contributed by atoms with Crippen molar-refractivity contribution < 1.29 is 14.4 Å². The fraction of sp³-hybridized carbons (Fsp3) is 0.286. The van der Waals surface area contributed by atoms with Crippen LogP contribution >= 0.6 is 11.6 Å². The van der Waals surface area contributed by atoms with Gasteiger partial charge in [-0.3, -0.25) is 14.4 Å². The third-order valence-corrected chi connectivity index (χ3v) is 5.12. The molecule has 0 bridgehead atoms. The van der Waals surface area contributed by atoms with Crippen LogP contribution in [0.5, 0.6) is 0 Å². The van der Waals surface area contributed by atoms with Crippen molar-refractivity contribution in [3.05, 3.63) is 64.7 Å². The molecule has 146 valence electrons. The van der Waals surface area contributed by atoms with Gasteiger partial charge < -0.3 is 15.5 Å². The van der Waals surface area contributed by atoms with Gasteiger partial charge in [-0.05, 0) is 36.6 Å².